The zero-order valence-corrected chi connectivity index (χ0v) is 14.5. The first kappa shape index (κ1) is 16.5. The first-order chi connectivity index (χ1) is 11.1. The Morgan fingerprint density at radius 1 is 1.39 bits per heavy atom. The molecule has 3 heterocycles. The van der Waals surface area contributed by atoms with Crippen molar-refractivity contribution in [1.82, 2.24) is 19.6 Å². The van der Waals surface area contributed by atoms with Crippen LogP contribution in [0.3, 0.4) is 0 Å². The lowest BCUT2D eigenvalue weighted by molar-refractivity contribution is -0.139. The van der Waals surface area contributed by atoms with Crippen molar-refractivity contribution in [2.45, 2.75) is 45.2 Å². The van der Waals surface area contributed by atoms with Gasteiger partial charge in [0.15, 0.2) is 0 Å². The van der Waals surface area contributed by atoms with Gasteiger partial charge in [0.05, 0.1) is 31.4 Å². The molecule has 6 heteroatoms. The lowest BCUT2D eigenvalue weighted by Crippen LogP contribution is -2.62. The van der Waals surface area contributed by atoms with E-state index in [1.165, 1.54) is 12.8 Å². The van der Waals surface area contributed by atoms with Crippen LogP contribution < -0.4 is 0 Å². The number of nitrogens with zero attached hydrogens (tertiary/aromatic N) is 4. The Bertz CT molecular complexity index is 555. The summed E-state index contributed by atoms with van der Waals surface area (Å²) in [6.45, 7) is 8.36. The highest BCUT2D eigenvalue weighted by Crippen LogP contribution is 2.22. The van der Waals surface area contributed by atoms with E-state index in [4.69, 9.17) is 4.74 Å². The molecule has 1 amide bonds. The van der Waals surface area contributed by atoms with Crippen LogP contribution in [-0.2, 0) is 23.0 Å². The molecule has 0 unspecified atom stereocenters. The number of morpholine rings is 1. The molecule has 0 aromatic carbocycles. The molecular formula is C17H28N4O2. The summed E-state index contributed by atoms with van der Waals surface area (Å²) in [7, 11) is 1.90. The van der Waals surface area contributed by atoms with Gasteiger partial charge in [-0.3, -0.25) is 14.4 Å². The number of carbonyl (C=O) groups is 1. The number of hydrogen-bond acceptors (Lipinski definition) is 4. The number of rotatable bonds is 4. The second-order valence-electron chi connectivity index (χ2n) is 6.80. The van der Waals surface area contributed by atoms with Crippen LogP contribution in [-0.4, -0.2) is 70.4 Å². The van der Waals surface area contributed by atoms with Gasteiger partial charge in [0, 0.05) is 44.5 Å². The molecule has 0 saturated carbocycles. The van der Waals surface area contributed by atoms with Crippen molar-refractivity contribution < 1.29 is 9.53 Å². The number of fused-ring (bicyclic) bond motifs is 1. The minimum Gasteiger partial charge on any atom is -0.378 e. The summed E-state index contributed by atoms with van der Waals surface area (Å²) in [6, 6.07) is 0.879. The molecule has 23 heavy (non-hydrogen) atoms. The van der Waals surface area contributed by atoms with E-state index in [1.54, 1.807) is 4.68 Å². The summed E-state index contributed by atoms with van der Waals surface area (Å²) < 4.78 is 7.56. The van der Waals surface area contributed by atoms with Crippen molar-refractivity contribution in [2.24, 2.45) is 7.05 Å². The van der Waals surface area contributed by atoms with Gasteiger partial charge in [-0.2, -0.15) is 5.10 Å². The molecule has 2 atom stereocenters. The molecule has 6 nitrogen and oxygen atoms in total. The number of amides is 1. The molecule has 1 aromatic rings. The molecule has 2 aliphatic rings. The van der Waals surface area contributed by atoms with Crippen LogP contribution in [0.2, 0.25) is 0 Å². The average molecular weight is 320 g/mol. The third-order valence-electron chi connectivity index (χ3n) is 5.05. The van der Waals surface area contributed by atoms with E-state index in [0.29, 0.717) is 18.5 Å². The Balaban J connectivity index is 1.60. The van der Waals surface area contributed by atoms with E-state index in [-0.39, 0.29) is 5.91 Å². The molecule has 0 spiro atoms. The lowest BCUT2D eigenvalue weighted by atomic mass is 10.0. The van der Waals surface area contributed by atoms with E-state index in [1.807, 2.05) is 25.1 Å². The maximum atomic E-state index is 12.6. The van der Waals surface area contributed by atoms with Gasteiger partial charge >= 0.3 is 0 Å². The Morgan fingerprint density at radius 3 is 2.91 bits per heavy atom. The monoisotopic (exact) mass is 320 g/mol. The zero-order chi connectivity index (χ0) is 16.4. The summed E-state index contributed by atoms with van der Waals surface area (Å²) in [6.07, 6.45) is 4.76. The molecule has 2 aliphatic heterocycles. The third kappa shape index (κ3) is 3.58. The Hall–Kier alpha value is -1.40. The van der Waals surface area contributed by atoms with Crippen molar-refractivity contribution >= 4 is 5.91 Å². The van der Waals surface area contributed by atoms with Gasteiger partial charge in [-0.15, -0.1) is 0 Å². The van der Waals surface area contributed by atoms with Gasteiger partial charge in [-0.1, -0.05) is 13.3 Å². The molecule has 0 N–H and O–H groups in total. The minimum atomic E-state index is 0.207. The predicted octanol–water partition coefficient (Wildman–Crippen LogP) is 0.983. The molecule has 2 saturated heterocycles. The molecular weight excluding hydrogens is 292 g/mol. The lowest BCUT2D eigenvalue weighted by Gasteiger charge is -2.48. The second-order valence-corrected chi connectivity index (χ2v) is 6.80. The van der Waals surface area contributed by atoms with E-state index in [0.717, 1.165) is 44.1 Å². The quantitative estimate of drug-likeness (QED) is 0.830. The van der Waals surface area contributed by atoms with Crippen LogP contribution in [0.1, 0.15) is 31.0 Å². The number of aromatic nitrogens is 2. The van der Waals surface area contributed by atoms with Crippen molar-refractivity contribution in [1.29, 1.82) is 0 Å². The van der Waals surface area contributed by atoms with Crippen molar-refractivity contribution in [3.63, 3.8) is 0 Å². The molecule has 2 fully saturated rings. The summed E-state index contributed by atoms with van der Waals surface area (Å²) in [5.74, 6) is 0.207. The summed E-state index contributed by atoms with van der Waals surface area (Å²) >= 11 is 0. The van der Waals surface area contributed by atoms with Gasteiger partial charge in [0.25, 0.3) is 0 Å². The molecule has 3 rings (SSSR count). The fourth-order valence-corrected chi connectivity index (χ4v) is 3.84. The zero-order valence-electron chi connectivity index (χ0n) is 14.5. The predicted molar refractivity (Wildman–Crippen MR) is 88.2 cm³/mol. The summed E-state index contributed by atoms with van der Waals surface area (Å²) in [4.78, 5) is 17.2. The largest absolute Gasteiger partial charge is 0.378 e. The van der Waals surface area contributed by atoms with Gasteiger partial charge < -0.3 is 9.64 Å². The summed E-state index contributed by atoms with van der Waals surface area (Å²) in [5.41, 5.74) is 1.98. The van der Waals surface area contributed by atoms with E-state index < -0.39 is 0 Å². The highest BCUT2D eigenvalue weighted by molar-refractivity contribution is 5.79. The maximum absolute atomic E-state index is 12.6. The molecule has 0 aliphatic carbocycles. The Morgan fingerprint density at radius 2 is 2.22 bits per heavy atom. The molecule has 0 radical (unpaired) electrons. The van der Waals surface area contributed by atoms with Crippen LogP contribution in [0, 0.1) is 6.92 Å². The van der Waals surface area contributed by atoms with E-state index in [9.17, 15) is 4.79 Å². The number of carbonyl (C=O) groups excluding carboxylic acids is 1. The van der Waals surface area contributed by atoms with Gasteiger partial charge in [0.1, 0.15) is 0 Å². The van der Waals surface area contributed by atoms with Crippen LogP contribution in [0.25, 0.3) is 0 Å². The Labute approximate surface area is 138 Å². The maximum Gasteiger partial charge on any atom is 0.227 e. The average Bonchev–Trinajstić information content (AvgIpc) is 2.85. The Kier molecular flexibility index (Phi) is 5.02. The minimum absolute atomic E-state index is 0.207. The normalized spacial score (nSPS) is 25.4. The van der Waals surface area contributed by atoms with E-state index >= 15 is 0 Å². The van der Waals surface area contributed by atoms with Gasteiger partial charge in [0.2, 0.25) is 5.91 Å². The number of aryl methyl sites for hydroxylation is 2. The third-order valence-corrected chi connectivity index (χ3v) is 5.05. The summed E-state index contributed by atoms with van der Waals surface area (Å²) in [5, 5.41) is 4.32. The van der Waals surface area contributed by atoms with Crippen molar-refractivity contribution in [3.8, 4) is 0 Å². The smallest absolute Gasteiger partial charge is 0.227 e. The highest BCUT2D eigenvalue weighted by atomic mass is 16.5. The highest BCUT2D eigenvalue weighted by Gasteiger charge is 2.36. The van der Waals surface area contributed by atoms with Crippen molar-refractivity contribution in [2.75, 3.05) is 32.8 Å². The van der Waals surface area contributed by atoms with Crippen LogP contribution in [0.5, 0.6) is 0 Å². The van der Waals surface area contributed by atoms with Crippen LogP contribution >= 0.6 is 0 Å². The molecule has 0 bridgehead atoms. The van der Waals surface area contributed by atoms with Crippen LogP contribution in [0.4, 0.5) is 0 Å². The fourth-order valence-electron chi connectivity index (χ4n) is 3.84. The number of hydrogen-bond donors (Lipinski definition) is 0. The first-order valence-electron chi connectivity index (χ1n) is 8.69. The topological polar surface area (TPSA) is 50.6 Å². The van der Waals surface area contributed by atoms with E-state index in [2.05, 4.69) is 16.9 Å². The second kappa shape index (κ2) is 7.01. The van der Waals surface area contributed by atoms with Crippen molar-refractivity contribution in [3.05, 3.63) is 17.5 Å². The number of piperazine rings is 1. The standard InChI is InChI=1S/C17H28N4O2/c1-4-5-15-11-23-12-16-10-20(6-7-21(15)16)17(22)8-14-9-19(3)18-13(14)2/h9,15-16H,4-8,10-12H2,1-3H3/t15-,16+/m0/s1. The van der Waals surface area contributed by atoms with Crippen LogP contribution in [0.15, 0.2) is 6.20 Å². The SMILES string of the molecule is CCC[C@H]1COC[C@H]2CN(C(=O)Cc3cn(C)nc3C)CCN12. The van der Waals surface area contributed by atoms with Gasteiger partial charge in [-0.25, -0.2) is 0 Å². The fraction of sp³-hybridized carbons (Fsp3) is 0.765. The molecule has 1 aromatic heterocycles. The van der Waals surface area contributed by atoms with Gasteiger partial charge in [-0.05, 0) is 13.3 Å². The molecule has 128 valence electrons. The number of ether oxygens (including phenoxy) is 1. The first-order valence-corrected chi connectivity index (χ1v) is 8.69.